The number of rotatable bonds is 4. The maximum Gasteiger partial charge on any atom is 0.271 e. The van der Waals surface area contributed by atoms with Gasteiger partial charge in [-0.1, -0.05) is 11.6 Å². The summed E-state index contributed by atoms with van der Waals surface area (Å²) in [5.41, 5.74) is -0.624. The zero-order valence-corrected chi connectivity index (χ0v) is 11.9. The Morgan fingerprint density at radius 1 is 1.14 bits per heavy atom. The molecule has 2 aromatic rings. The van der Waals surface area contributed by atoms with Crippen LogP contribution in [0.15, 0.2) is 47.4 Å². The summed E-state index contributed by atoms with van der Waals surface area (Å²) < 4.78 is 26.3. The van der Waals surface area contributed by atoms with Gasteiger partial charge in [-0.3, -0.25) is 14.8 Å². The van der Waals surface area contributed by atoms with Crippen molar-refractivity contribution >= 4 is 33.0 Å². The second-order valence-electron chi connectivity index (χ2n) is 4.02. The van der Waals surface area contributed by atoms with Crippen molar-refractivity contribution < 1.29 is 18.4 Å². The molecule has 0 spiro atoms. The first-order valence-corrected chi connectivity index (χ1v) is 7.41. The van der Waals surface area contributed by atoms with Crippen LogP contribution in [0.3, 0.4) is 0 Å². The summed E-state index contributed by atoms with van der Waals surface area (Å²) >= 11 is 5.67. The molecule has 21 heavy (non-hydrogen) atoms. The van der Waals surface area contributed by atoms with E-state index in [-0.39, 0.29) is 16.3 Å². The van der Waals surface area contributed by atoms with Crippen LogP contribution in [0.2, 0.25) is 5.02 Å². The number of anilines is 1. The number of sulfonamides is 1. The molecule has 0 saturated carbocycles. The van der Waals surface area contributed by atoms with Gasteiger partial charge in [0.1, 0.15) is 5.75 Å². The zero-order chi connectivity index (χ0) is 15.6. The molecule has 0 atom stereocenters. The molecule has 0 aliphatic rings. The first-order valence-electron chi connectivity index (χ1n) is 5.55. The molecule has 0 amide bonds. The molecule has 9 heteroatoms. The second kappa shape index (κ2) is 5.58. The van der Waals surface area contributed by atoms with Crippen LogP contribution in [0.25, 0.3) is 0 Å². The summed E-state index contributed by atoms with van der Waals surface area (Å²) in [5.74, 6) is -0.418. The number of halogens is 1. The molecule has 0 aromatic heterocycles. The summed E-state index contributed by atoms with van der Waals surface area (Å²) in [7, 11) is -3.99. The normalized spacial score (nSPS) is 11.1. The van der Waals surface area contributed by atoms with E-state index >= 15 is 0 Å². The maximum atomic E-state index is 12.1. The molecule has 0 saturated heterocycles. The summed E-state index contributed by atoms with van der Waals surface area (Å²) in [6.45, 7) is 0. The third kappa shape index (κ3) is 3.41. The van der Waals surface area contributed by atoms with Crippen molar-refractivity contribution in [3.05, 3.63) is 57.6 Å². The van der Waals surface area contributed by atoms with Crippen molar-refractivity contribution in [1.29, 1.82) is 0 Å². The van der Waals surface area contributed by atoms with Gasteiger partial charge in [-0.05, 0) is 30.3 Å². The lowest BCUT2D eigenvalue weighted by Gasteiger charge is -2.09. The number of benzene rings is 2. The standard InChI is InChI=1S/C12H9ClN2O5S/c13-8-1-4-10(5-2-8)21(19,20)14-11-7-9(15(17)18)3-6-12(11)16/h1-7,14,16H. The summed E-state index contributed by atoms with van der Waals surface area (Å²) in [4.78, 5) is 9.89. The number of nitro groups is 1. The fraction of sp³-hybridized carbons (Fsp3) is 0. The topological polar surface area (TPSA) is 110 Å². The van der Waals surface area contributed by atoms with Crippen LogP contribution in [-0.4, -0.2) is 18.4 Å². The molecule has 110 valence electrons. The van der Waals surface area contributed by atoms with Gasteiger partial charge >= 0.3 is 0 Å². The number of phenolic OH excluding ortho intramolecular Hbond substituents is 1. The van der Waals surface area contributed by atoms with Gasteiger partial charge in [0, 0.05) is 17.2 Å². The largest absolute Gasteiger partial charge is 0.506 e. The van der Waals surface area contributed by atoms with Gasteiger partial charge in [0.25, 0.3) is 15.7 Å². The van der Waals surface area contributed by atoms with Crippen molar-refractivity contribution in [3.8, 4) is 5.75 Å². The number of nitrogens with one attached hydrogen (secondary N) is 1. The smallest absolute Gasteiger partial charge is 0.271 e. The van der Waals surface area contributed by atoms with Gasteiger partial charge in [0.05, 0.1) is 15.5 Å². The van der Waals surface area contributed by atoms with Crippen molar-refractivity contribution in [1.82, 2.24) is 0 Å². The average Bonchev–Trinajstić information content (AvgIpc) is 2.41. The Hall–Kier alpha value is -2.32. The van der Waals surface area contributed by atoms with E-state index in [2.05, 4.69) is 4.72 Å². The molecule has 7 nitrogen and oxygen atoms in total. The SMILES string of the molecule is O=[N+]([O-])c1ccc(O)c(NS(=O)(=O)c2ccc(Cl)cc2)c1. The number of aromatic hydroxyl groups is 1. The molecule has 0 heterocycles. The first-order chi connectivity index (χ1) is 9.79. The van der Waals surface area contributed by atoms with Crippen LogP contribution >= 0.6 is 11.6 Å². The molecule has 0 unspecified atom stereocenters. The lowest BCUT2D eigenvalue weighted by atomic mass is 10.2. The predicted octanol–water partition coefficient (Wildman–Crippen LogP) is 2.75. The minimum atomic E-state index is -3.99. The third-order valence-corrected chi connectivity index (χ3v) is 4.19. The Morgan fingerprint density at radius 3 is 2.33 bits per heavy atom. The molecule has 2 rings (SSSR count). The van der Waals surface area contributed by atoms with Gasteiger partial charge in [0.2, 0.25) is 0 Å². The van der Waals surface area contributed by atoms with Crippen molar-refractivity contribution in [2.45, 2.75) is 4.90 Å². The summed E-state index contributed by atoms with van der Waals surface area (Å²) in [5, 5.41) is 20.6. The van der Waals surface area contributed by atoms with Crippen LogP contribution in [0.1, 0.15) is 0 Å². The minimum Gasteiger partial charge on any atom is -0.506 e. The zero-order valence-electron chi connectivity index (χ0n) is 10.4. The Balaban J connectivity index is 2.38. The predicted molar refractivity (Wildman–Crippen MR) is 77.0 cm³/mol. The minimum absolute atomic E-state index is 0.0854. The van der Waals surface area contributed by atoms with E-state index in [4.69, 9.17) is 11.6 Å². The molecular weight excluding hydrogens is 320 g/mol. The fourth-order valence-electron chi connectivity index (χ4n) is 1.54. The van der Waals surface area contributed by atoms with E-state index in [1.54, 1.807) is 0 Å². The van der Waals surface area contributed by atoms with E-state index in [0.717, 1.165) is 18.2 Å². The summed E-state index contributed by atoms with van der Waals surface area (Å²) in [6.07, 6.45) is 0. The van der Waals surface area contributed by atoms with Gasteiger partial charge in [-0.2, -0.15) is 0 Å². The van der Waals surface area contributed by atoms with E-state index in [1.165, 1.54) is 24.3 Å². The molecule has 2 aromatic carbocycles. The van der Waals surface area contributed by atoms with Crippen LogP contribution in [0.5, 0.6) is 5.75 Å². The van der Waals surface area contributed by atoms with E-state index < -0.39 is 20.7 Å². The highest BCUT2D eigenvalue weighted by Crippen LogP contribution is 2.30. The highest BCUT2D eigenvalue weighted by Gasteiger charge is 2.18. The van der Waals surface area contributed by atoms with Crippen molar-refractivity contribution in [2.24, 2.45) is 0 Å². The number of hydrogen-bond donors (Lipinski definition) is 2. The third-order valence-electron chi connectivity index (χ3n) is 2.56. The molecule has 0 aliphatic carbocycles. The molecule has 0 fully saturated rings. The Bertz CT molecular complexity index is 790. The van der Waals surface area contributed by atoms with E-state index in [9.17, 15) is 23.6 Å². The quantitative estimate of drug-likeness (QED) is 0.509. The number of non-ortho nitro benzene ring substituents is 1. The number of phenols is 1. The van der Waals surface area contributed by atoms with Gasteiger partial charge in [-0.25, -0.2) is 8.42 Å². The second-order valence-corrected chi connectivity index (χ2v) is 6.14. The van der Waals surface area contributed by atoms with Gasteiger partial charge in [0.15, 0.2) is 0 Å². The van der Waals surface area contributed by atoms with Gasteiger partial charge in [-0.15, -0.1) is 0 Å². The molecule has 0 bridgehead atoms. The Kier molecular flexibility index (Phi) is 4.01. The molecular formula is C12H9ClN2O5S. The first kappa shape index (κ1) is 15.1. The lowest BCUT2D eigenvalue weighted by molar-refractivity contribution is -0.384. The highest BCUT2D eigenvalue weighted by atomic mass is 35.5. The monoisotopic (exact) mass is 328 g/mol. The molecule has 2 N–H and O–H groups in total. The highest BCUT2D eigenvalue weighted by molar-refractivity contribution is 7.92. The fourth-order valence-corrected chi connectivity index (χ4v) is 2.73. The van der Waals surface area contributed by atoms with E-state index in [0.29, 0.717) is 5.02 Å². The maximum absolute atomic E-state index is 12.1. The Labute approximate surface area is 125 Å². The lowest BCUT2D eigenvalue weighted by Crippen LogP contribution is -2.13. The number of nitro benzene ring substituents is 1. The van der Waals surface area contributed by atoms with Crippen LogP contribution in [0.4, 0.5) is 11.4 Å². The van der Waals surface area contributed by atoms with Crippen molar-refractivity contribution in [2.75, 3.05) is 4.72 Å². The van der Waals surface area contributed by atoms with Crippen LogP contribution in [-0.2, 0) is 10.0 Å². The number of hydrogen-bond acceptors (Lipinski definition) is 5. The average molecular weight is 329 g/mol. The Morgan fingerprint density at radius 2 is 1.76 bits per heavy atom. The number of nitrogens with zero attached hydrogens (tertiary/aromatic N) is 1. The molecule has 0 aliphatic heterocycles. The van der Waals surface area contributed by atoms with Gasteiger partial charge < -0.3 is 5.11 Å². The van der Waals surface area contributed by atoms with Crippen LogP contribution < -0.4 is 4.72 Å². The van der Waals surface area contributed by atoms with Crippen LogP contribution in [0, 0.1) is 10.1 Å². The summed E-state index contributed by atoms with van der Waals surface area (Å²) in [6, 6.07) is 8.38. The van der Waals surface area contributed by atoms with E-state index in [1.807, 2.05) is 0 Å². The van der Waals surface area contributed by atoms with Crippen molar-refractivity contribution in [3.63, 3.8) is 0 Å². The molecule has 0 radical (unpaired) electrons.